The summed E-state index contributed by atoms with van der Waals surface area (Å²) < 4.78 is 29.5. The van der Waals surface area contributed by atoms with Gasteiger partial charge in [-0.3, -0.25) is 14.6 Å². The van der Waals surface area contributed by atoms with Gasteiger partial charge in [0, 0.05) is 25.9 Å². The van der Waals surface area contributed by atoms with Crippen LogP contribution in [0.5, 0.6) is 5.75 Å². The van der Waals surface area contributed by atoms with E-state index in [2.05, 4.69) is 20.9 Å². The lowest BCUT2D eigenvalue weighted by atomic mass is 10.1. The Morgan fingerprint density at radius 1 is 1.38 bits per heavy atom. The van der Waals surface area contributed by atoms with E-state index in [4.69, 9.17) is 4.74 Å². The van der Waals surface area contributed by atoms with Crippen molar-refractivity contribution in [3.05, 3.63) is 41.7 Å². The molecule has 1 unspecified atom stereocenters. The SMILES string of the molecule is CC(=O)NC1(C(=O)NCc2ccc(OCC(F)F)c(C)c2)C=NC=CN1. The molecule has 3 N–H and O–H groups in total. The third-order valence-electron chi connectivity index (χ3n) is 3.53. The average molecular weight is 366 g/mol. The van der Waals surface area contributed by atoms with Crippen molar-refractivity contribution in [1.29, 1.82) is 0 Å². The van der Waals surface area contributed by atoms with Gasteiger partial charge in [0.05, 0.1) is 6.21 Å². The van der Waals surface area contributed by atoms with Crippen molar-refractivity contribution in [3.63, 3.8) is 0 Å². The number of rotatable bonds is 7. The van der Waals surface area contributed by atoms with E-state index in [9.17, 15) is 18.4 Å². The molecule has 1 atom stereocenters. The van der Waals surface area contributed by atoms with Crippen molar-refractivity contribution in [3.8, 4) is 5.75 Å². The summed E-state index contributed by atoms with van der Waals surface area (Å²) in [6.07, 6.45) is 1.66. The van der Waals surface area contributed by atoms with Gasteiger partial charge in [-0.2, -0.15) is 0 Å². The molecule has 26 heavy (non-hydrogen) atoms. The molecule has 1 aliphatic heterocycles. The molecule has 0 spiro atoms. The zero-order valence-electron chi connectivity index (χ0n) is 14.4. The summed E-state index contributed by atoms with van der Waals surface area (Å²) >= 11 is 0. The van der Waals surface area contributed by atoms with E-state index in [0.717, 1.165) is 5.56 Å². The van der Waals surface area contributed by atoms with Gasteiger partial charge >= 0.3 is 0 Å². The van der Waals surface area contributed by atoms with Crippen LogP contribution in [0.15, 0.2) is 35.6 Å². The third-order valence-corrected chi connectivity index (χ3v) is 3.53. The summed E-state index contributed by atoms with van der Waals surface area (Å²) in [5.41, 5.74) is -0.0357. The van der Waals surface area contributed by atoms with Crippen LogP contribution in [0.3, 0.4) is 0 Å². The van der Waals surface area contributed by atoms with Crippen molar-refractivity contribution < 1.29 is 23.1 Å². The maximum absolute atomic E-state index is 12.5. The molecule has 0 bridgehead atoms. The summed E-state index contributed by atoms with van der Waals surface area (Å²) in [5, 5.41) is 8.02. The number of carbonyl (C=O) groups is 2. The van der Waals surface area contributed by atoms with Crippen molar-refractivity contribution in [2.75, 3.05) is 6.61 Å². The summed E-state index contributed by atoms with van der Waals surface area (Å²) in [7, 11) is 0. The molecule has 140 valence electrons. The Morgan fingerprint density at radius 3 is 2.73 bits per heavy atom. The maximum Gasteiger partial charge on any atom is 0.272 e. The van der Waals surface area contributed by atoms with E-state index < -0.39 is 30.5 Å². The first kappa shape index (κ1) is 19.4. The van der Waals surface area contributed by atoms with Gasteiger partial charge in [-0.05, 0) is 24.1 Å². The second-order valence-corrected chi connectivity index (χ2v) is 5.71. The van der Waals surface area contributed by atoms with Crippen LogP contribution in [0, 0.1) is 6.92 Å². The third kappa shape index (κ3) is 5.01. The minimum atomic E-state index is -2.54. The fraction of sp³-hybridized carbons (Fsp3) is 0.353. The second-order valence-electron chi connectivity index (χ2n) is 5.71. The lowest BCUT2D eigenvalue weighted by molar-refractivity contribution is -0.130. The molecule has 9 heteroatoms. The van der Waals surface area contributed by atoms with E-state index in [1.165, 1.54) is 25.5 Å². The van der Waals surface area contributed by atoms with Crippen molar-refractivity contribution in [1.82, 2.24) is 16.0 Å². The molecule has 0 aromatic heterocycles. The van der Waals surface area contributed by atoms with Gasteiger partial charge in [0.2, 0.25) is 11.6 Å². The van der Waals surface area contributed by atoms with Crippen LogP contribution in [-0.2, 0) is 16.1 Å². The smallest absolute Gasteiger partial charge is 0.272 e. The van der Waals surface area contributed by atoms with Gasteiger partial charge in [0.1, 0.15) is 12.4 Å². The molecule has 0 radical (unpaired) electrons. The van der Waals surface area contributed by atoms with Crippen molar-refractivity contribution in [2.45, 2.75) is 32.5 Å². The van der Waals surface area contributed by atoms with Gasteiger partial charge in [-0.15, -0.1) is 0 Å². The number of amides is 2. The van der Waals surface area contributed by atoms with Crippen LogP contribution >= 0.6 is 0 Å². The molecule has 1 heterocycles. The van der Waals surface area contributed by atoms with Crippen LogP contribution in [0.1, 0.15) is 18.1 Å². The molecule has 7 nitrogen and oxygen atoms in total. The Balaban J connectivity index is 2.01. The number of ether oxygens (including phenoxy) is 1. The number of benzene rings is 1. The fourth-order valence-electron chi connectivity index (χ4n) is 2.39. The van der Waals surface area contributed by atoms with Crippen molar-refractivity contribution >= 4 is 18.0 Å². The molecule has 2 amide bonds. The number of aliphatic imine (C=N–C) groups is 1. The molecular formula is C17H20F2N4O3. The molecule has 1 aromatic rings. The highest BCUT2D eigenvalue weighted by atomic mass is 19.3. The van der Waals surface area contributed by atoms with Crippen LogP contribution in [0.2, 0.25) is 0 Å². The molecule has 1 aliphatic rings. The Morgan fingerprint density at radius 2 is 2.15 bits per heavy atom. The summed E-state index contributed by atoms with van der Waals surface area (Å²) in [5.74, 6) is -0.524. The number of hydrogen-bond acceptors (Lipinski definition) is 5. The van der Waals surface area contributed by atoms with Gasteiger partial charge in [0.25, 0.3) is 12.3 Å². The number of halogens is 2. The van der Waals surface area contributed by atoms with E-state index in [-0.39, 0.29) is 6.54 Å². The first-order valence-corrected chi connectivity index (χ1v) is 7.87. The monoisotopic (exact) mass is 366 g/mol. The standard InChI is InChI=1S/C17H20F2N4O3/c1-11-7-13(3-4-14(11)26-9-15(18)19)8-21-16(25)17(23-12(2)24)10-20-5-6-22-17/h3-7,10,15,22H,8-9H2,1-2H3,(H,21,25)(H,23,24). The van der Waals surface area contributed by atoms with E-state index >= 15 is 0 Å². The zero-order chi connectivity index (χ0) is 19.2. The largest absolute Gasteiger partial charge is 0.487 e. The zero-order valence-corrected chi connectivity index (χ0v) is 14.4. The lowest BCUT2D eigenvalue weighted by Crippen LogP contribution is -2.67. The minimum Gasteiger partial charge on any atom is -0.487 e. The molecular weight excluding hydrogens is 346 g/mol. The van der Waals surface area contributed by atoms with Crippen molar-refractivity contribution in [2.24, 2.45) is 4.99 Å². The first-order valence-electron chi connectivity index (χ1n) is 7.87. The normalized spacial score (nSPS) is 18.3. The molecule has 0 saturated heterocycles. The quantitative estimate of drug-likeness (QED) is 0.677. The van der Waals surface area contributed by atoms with Gasteiger partial charge in [0.15, 0.2) is 0 Å². The number of hydrogen-bond donors (Lipinski definition) is 3. The highest BCUT2D eigenvalue weighted by molar-refractivity contribution is 6.06. The number of nitrogens with one attached hydrogen (secondary N) is 3. The van der Waals surface area contributed by atoms with E-state index in [0.29, 0.717) is 11.3 Å². The predicted octanol–water partition coefficient (Wildman–Crippen LogP) is 1.23. The maximum atomic E-state index is 12.5. The summed E-state index contributed by atoms with van der Waals surface area (Å²) in [6.45, 7) is 2.53. The lowest BCUT2D eigenvalue weighted by Gasteiger charge is -2.30. The van der Waals surface area contributed by atoms with E-state index in [1.807, 2.05) is 0 Å². The minimum absolute atomic E-state index is 0.176. The molecule has 0 fully saturated rings. The molecule has 0 saturated carbocycles. The summed E-state index contributed by atoms with van der Waals surface area (Å²) in [6, 6.07) is 4.97. The Kier molecular flexibility index (Phi) is 6.26. The fourth-order valence-corrected chi connectivity index (χ4v) is 2.39. The predicted molar refractivity (Wildman–Crippen MR) is 91.8 cm³/mol. The Labute approximate surface area is 149 Å². The van der Waals surface area contributed by atoms with E-state index in [1.54, 1.807) is 25.1 Å². The molecule has 2 rings (SSSR count). The average Bonchev–Trinajstić information content (AvgIpc) is 2.58. The number of nitrogens with zero attached hydrogens (tertiary/aromatic N) is 1. The van der Waals surface area contributed by atoms with Gasteiger partial charge in [-0.1, -0.05) is 12.1 Å². The Hall–Kier alpha value is -2.97. The highest BCUT2D eigenvalue weighted by Gasteiger charge is 2.37. The van der Waals surface area contributed by atoms with Gasteiger partial charge in [-0.25, -0.2) is 8.78 Å². The highest BCUT2D eigenvalue weighted by Crippen LogP contribution is 2.20. The Bertz CT molecular complexity index is 737. The summed E-state index contributed by atoms with van der Waals surface area (Å²) in [4.78, 5) is 27.8. The van der Waals surface area contributed by atoms with Crippen LogP contribution < -0.4 is 20.7 Å². The van der Waals surface area contributed by atoms with Crippen LogP contribution in [-0.4, -0.2) is 36.7 Å². The molecule has 0 aliphatic carbocycles. The number of alkyl halides is 2. The molecule has 1 aromatic carbocycles. The van der Waals surface area contributed by atoms with Crippen LogP contribution in [0.25, 0.3) is 0 Å². The van der Waals surface area contributed by atoms with Gasteiger partial charge < -0.3 is 20.7 Å². The van der Waals surface area contributed by atoms with Crippen LogP contribution in [0.4, 0.5) is 8.78 Å². The first-order chi connectivity index (χ1) is 12.3. The number of aryl methyl sites for hydroxylation is 1. The number of carbonyl (C=O) groups excluding carboxylic acids is 2. The topological polar surface area (TPSA) is 91.8 Å². The second kappa shape index (κ2) is 8.41.